The lowest BCUT2D eigenvalue weighted by molar-refractivity contribution is 0.246. The van der Waals surface area contributed by atoms with E-state index < -0.39 is 0 Å². The first kappa shape index (κ1) is 21.1. The van der Waals surface area contributed by atoms with Gasteiger partial charge in [-0.15, -0.1) is 0 Å². The molecule has 9 heteroatoms. The Morgan fingerprint density at radius 1 is 1.26 bits per heavy atom. The number of halogens is 1. The predicted octanol–water partition coefficient (Wildman–Crippen LogP) is 3.56. The summed E-state index contributed by atoms with van der Waals surface area (Å²) in [6, 6.07) is 8.91. The van der Waals surface area contributed by atoms with Crippen molar-refractivity contribution in [2.45, 2.75) is 39.3 Å². The molecule has 0 atom stereocenters. The number of carbonyl (C=O) groups is 1. The molecule has 1 saturated heterocycles. The van der Waals surface area contributed by atoms with Crippen LogP contribution in [0, 0.1) is 6.92 Å². The van der Waals surface area contributed by atoms with Crippen LogP contribution in [0.25, 0.3) is 11.2 Å². The highest BCUT2D eigenvalue weighted by Crippen LogP contribution is 2.23. The Morgan fingerprint density at radius 2 is 2.03 bits per heavy atom. The average molecular weight is 441 g/mol. The maximum atomic E-state index is 13.0. The fourth-order valence-electron chi connectivity index (χ4n) is 3.86. The molecule has 1 aliphatic rings. The topological polar surface area (TPSA) is 92.2 Å². The molecule has 1 fully saturated rings. The Kier molecular flexibility index (Phi) is 6.08. The molecule has 2 N–H and O–H groups in total. The van der Waals surface area contributed by atoms with E-state index in [0.29, 0.717) is 60.2 Å². The third kappa shape index (κ3) is 4.49. The molecule has 0 saturated carbocycles. The van der Waals surface area contributed by atoms with Gasteiger partial charge in [-0.3, -0.25) is 9.36 Å². The standard InChI is InChI=1S/C22H25ClN6O2/c1-3-29-19-18(5-4-10-24-19)26-20(21(29)30)28-11-8-15(9-12-28)25-22(31)27-17-7-6-14(2)13-16(17)23/h4-7,10,13,15H,3,8-9,11-12H2,1-2H3,(H2,25,27,31). The van der Waals surface area contributed by atoms with Gasteiger partial charge in [0.15, 0.2) is 11.5 Å². The molecular formula is C22H25ClN6O2. The molecule has 0 aliphatic carbocycles. The van der Waals surface area contributed by atoms with Crippen molar-refractivity contribution in [2.75, 3.05) is 23.3 Å². The Morgan fingerprint density at radius 3 is 2.74 bits per heavy atom. The van der Waals surface area contributed by atoms with Crippen LogP contribution in [0.1, 0.15) is 25.3 Å². The van der Waals surface area contributed by atoms with Crippen molar-refractivity contribution in [3.05, 3.63) is 57.5 Å². The van der Waals surface area contributed by atoms with Crippen molar-refractivity contribution in [3.8, 4) is 0 Å². The molecular weight excluding hydrogens is 416 g/mol. The number of aromatic nitrogens is 3. The third-order valence-electron chi connectivity index (χ3n) is 5.50. The molecule has 3 aromatic rings. The number of nitrogens with one attached hydrogen (secondary N) is 2. The Labute approximate surface area is 185 Å². The number of nitrogens with zero attached hydrogens (tertiary/aromatic N) is 4. The van der Waals surface area contributed by atoms with Crippen LogP contribution < -0.4 is 21.1 Å². The summed E-state index contributed by atoms with van der Waals surface area (Å²) in [5.74, 6) is 0.441. The average Bonchev–Trinajstić information content (AvgIpc) is 2.76. The first-order valence-electron chi connectivity index (χ1n) is 10.4. The lowest BCUT2D eigenvalue weighted by Gasteiger charge is -2.33. The zero-order chi connectivity index (χ0) is 22.0. The van der Waals surface area contributed by atoms with E-state index in [2.05, 4.69) is 20.6 Å². The summed E-state index contributed by atoms with van der Waals surface area (Å²) in [5, 5.41) is 6.31. The van der Waals surface area contributed by atoms with Gasteiger partial charge >= 0.3 is 6.03 Å². The molecule has 0 unspecified atom stereocenters. The van der Waals surface area contributed by atoms with Gasteiger partial charge < -0.3 is 15.5 Å². The highest BCUT2D eigenvalue weighted by Gasteiger charge is 2.24. The molecule has 2 aromatic heterocycles. The molecule has 4 rings (SSSR count). The minimum Gasteiger partial charge on any atom is -0.352 e. The number of pyridine rings is 1. The van der Waals surface area contributed by atoms with Crippen LogP contribution in [0.5, 0.6) is 0 Å². The van der Waals surface area contributed by atoms with Gasteiger partial charge in [0, 0.05) is 31.9 Å². The van der Waals surface area contributed by atoms with Gasteiger partial charge in [-0.2, -0.15) is 0 Å². The number of rotatable bonds is 4. The van der Waals surface area contributed by atoms with E-state index in [1.807, 2.05) is 43.0 Å². The SMILES string of the molecule is CCn1c(=O)c(N2CCC(NC(=O)Nc3ccc(C)cc3Cl)CC2)nc2cccnc21. The smallest absolute Gasteiger partial charge is 0.319 e. The summed E-state index contributed by atoms with van der Waals surface area (Å²) in [7, 11) is 0. The molecule has 8 nitrogen and oxygen atoms in total. The van der Waals surface area contributed by atoms with Crippen LogP contribution in [0.3, 0.4) is 0 Å². The summed E-state index contributed by atoms with van der Waals surface area (Å²) < 4.78 is 1.65. The van der Waals surface area contributed by atoms with E-state index in [-0.39, 0.29) is 17.6 Å². The Bertz CT molecular complexity index is 1170. The monoisotopic (exact) mass is 440 g/mol. The van der Waals surface area contributed by atoms with Gasteiger partial charge in [0.1, 0.15) is 5.52 Å². The molecule has 0 spiro atoms. The number of benzene rings is 1. The largest absolute Gasteiger partial charge is 0.352 e. The van der Waals surface area contributed by atoms with Crippen LogP contribution in [0.2, 0.25) is 5.02 Å². The summed E-state index contributed by atoms with van der Waals surface area (Å²) in [6.07, 6.45) is 3.10. The molecule has 0 radical (unpaired) electrons. The lowest BCUT2D eigenvalue weighted by Crippen LogP contribution is -2.47. The van der Waals surface area contributed by atoms with Crippen molar-refractivity contribution >= 4 is 40.3 Å². The van der Waals surface area contributed by atoms with Gasteiger partial charge in [-0.05, 0) is 56.5 Å². The number of hydrogen-bond donors (Lipinski definition) is 2. The minimum absolute atomic E-state index is 0.0102. The van der Waals surface area contributed by atoms with E-state index in [9.17, 15) is 9.59 Å². The van der Waals surface area contributed by atoms with Crippen LogP contribution in [0.4, 0.5) is 16.3 Å². The van der Waals surface area contributed by atoms with Gasteiger partial charge in [0.2, 0.25) is 0 Å². The second kappa shape index (κ2) is 8.93. The number of urea groups is 1. The highest BCUT2D eigenvalue weighted by atomic mass is 35.5. The third-order valence-corrected chi connectivity index (χ3v) is 5.82. The van der Waals surface area contributed by atoms with Crippen molar-refractivity contribution in [1.29, 1.82) is 0 Å². The fraction of sp³-hybridized carbons (Fsp3) is 0.364. The first-order chi connectivity index (χ1) is 15.0. The second-order valence-electron chi connectivity index (χ2n) is 7.67. The predicted molar refractivity (Wildman–Crippen MR) is 123 cm³/mol. The van der Waals surface area contributed by atoms with Crippen LogP contribution >= 0.6 is 11.6 Å². The molecule has 1 aliphatic heterocycles. The van der Waals surface area contributed by atoms with Crippen molar-refractivity contribution < 1.29 is 4.79 Å². The maximum absolute atomic E-state index is 13.0. The van der Waals surface area contributed by atoms with Crippen molar-refractivity contribution in [3.63, 3.8) is 0 Å². The Balaban J connectivity index is 1.41. The van der Waals surface area contributed by atoms with E-state index >= 15 is 0 Å². The number of fused-ring (bicyclic) bond motifs is 1. The van der Waals surface area contributed by atoms with Gasteiger partial charge in [0.05, 0.1) is 10.7 Å². The van der Waals surface area contributed by atoms with Crippen LogP contribution in [0.15, 0.2) is 41.3 Å². The summed E-state index contributed by atoms with van der Waals surface area (Å²) >= 11 is 6.19. The van der Waals surface area contributed by atoms with Crippen molar-refractivity contribution in [2.24, 2.45) is 0 Å². The number of piperidine rings is 1. The summed E-state index contributed by atoms with van der Waals surface area (Å²) in [4.78, 5) is 36.2. The molecule has 3 heterocycles. The van der Waals surface area contributed by atoms with Crippen molar-refractivity contribution in [1.82, 2.24) is 19.9 Å². The Hall–Kier alpha value is -3.13. The molecule has 162 valence electrons. The molecule has 1 aromatic carbocycles. The lowest BCUT2D eigenvalue weighted by atomic mass is 10.1. The van der Waals surface area contributed by atoms with E-state index in [1.54, 1.807) is 16.8 Å². The van der Waals surface area contributed by atoms with Crippen LogP contribution in [-0.4, -0.2) is 39.7 Å². The quantitative estimate of drug-likeness (QED) is 0.647. The zero-order valence-corrected chi connectivity index (χ0v) is 18.3. The first-order valence-corrected chi connectivity index (χ1v) is 10.8. The second-order valence-corrected chi connectivity index (χ2v) is 8.08. The van der Waals surface area contributed by atoms with E-state index in [4.69, 9.17) is 11.6 Å². The number of aryl methyl sites for hydroxylation is 2. The number of anilines is 2. The highest BCUT2D eigenvalue weighted by molar-refractivity contribution is 6.33. The maximum Gasteiger partial charge on any atom is 0.319 e. The number of hydrogen-bond acceptors (Lipinski definition) is 5. The number of carbonyl (C=O) groups excluding carboxylic acids is 1. The van der Waals surface area contributed by atoms with E-state index in [0.717, 1.165) is 5.56 Å². The fourth-order valence-corrected chi connectivity index (χ4v) is 4.15. The summed E-state index contributed by atoms with van der Waals surface area (Å²) in [5.41, 5.74) is 2.78. The van der Waals surface area contributed by atoms with Crippen LogP contribution in [-0.2, 0) is 6.54 Å². The minimum atomic E-state index is -0.285. The van der Waals surface area contributed by atoms with E-state index in [1.165, 1.54) is 0 Å². The summed E-state index contributed by atoms with van der Waals surface area (Å²) in [6.45, 7) is 5.66. The molecule has 0 bridgehead atoms. The van der Waals surface area contributed by atoms with Gasteiger partial charge in [-0.25, -0.2) is 14.8 Å². The molecule has 31 heavy (non-hydrogen) atoms. The van der Waals surface area contributed by atoms with Gasteiger partial charge in [-0.1, -0.05) is 17.7 Å². The normalized spacial score (nSPS) is 14.6. The van der Waals surface area contributed by atoms with Gasteiger partial charge in [0.25, 0.3) is 5.56 Å². The number of amides is 2. The molecule has 2 amide bonds. The zero-order valence-electron chi connectivity index (χ0n) is 17.6.